The lowest BCUT2D eigenvalue weighted by Crippen LogP contribution is -2.05. The second kappa shape index (κ2) is 6.75. The van der Waals surface area contributed by atoms with Crippen LogP contribution in [0.15, 0.2) is 38.9 Å². The van der Waals surface area contributed by atoms with Crippen molar-refractivity contribution in [3.05, 3.63) is 34.7 Å². The molecule has 0 unspecified atom stereocenters. The first-order valence-electron chi connectivity index (χ1n) is 7.17. The third kappa shape index (κ3) is 3.95. The molecule has 2 aromatic rings. The van der Waals surface area contributed by atoms with E-state index in [-0.39, 0.29) is 0 Å². The zero-order valence-corrected chi connectivity index (χ0v) is 14.2. The smallest absolute Gasteiger partial charge is 0.135 e. The van der Waals surface area contributed by atoms with Gasteiger partial charge in [0.05, 0.1) is 4.47 Å². The predicted molar refractivity (Wildman–Crippen MR) is 88.8 cm³/mol. The molecule has 21 heavy (non-hydrogen) atoms. The molecule has 1 aliphatic carbocycles. The minimum atomic E-state index is 0.542. The fraction of sp³-hybridized carbons (Fsp3) is 0.400. The van der Waals surface area contributed by atoms with Crippen LogP contribution in [0.1, 0.15) is 37.9 Å². The maximum atomic E-state index is 4.69. The summed E-state index contributed by atoms with van der Waals surface area (Å²) in [7, 11) is 0. The average Bonchev–Trinajstić information content (AvgIpc) is 3.32. The van der Waals surface area contributed by atoms with E-state index >= 15 is 0 Å². The van der Waals surface area contributed by atoms with Gasteiger partial charge in [-0.25, -0.2) is 15.0 Å². The molecule has 6 heteroatoms. The number of nitrogens with zero attached hydrogens (tertiary/aromatic N) is 3. The number of aromatic nitrogens is 3. The highest BCUT2D eigenvalue weighted by molar-refractivity contribution is 9.10. The molecule has 0 radical (unpaired) electrons. The van der Waals surface area contributed by atoms with Gasteiger partial charge in [-0.15, -0.1) is 0 Å². The Hall–Kier alpha value is -1.14. The van der Waals surface area contributed by atoms with E-state index in [9.17, 15) is 0 Å². The van der Waals surface area contributed by atoms with Crippen LogP contribution in [-0.4, -0.2) is 21.5 Å². The number of nitrogens with one attached hydrogen (secondary N) is 1. The molecule has 0 saturated heterocycles. The number of halogens is 1. The summed E-state index contributed by atoms with van der Waals surface area (Å²) in [5.41, 5.74) is 0. The molecule has 2 heterocycles. The molecule has 0 atom stereocenters. The molecular weight excluding hydrogens is 348 g/mol. The highest BCUT2D eigenvalue weighted by atomic mass is 79.9. The van der Waals surface area contributed by atoms with Crippen molar-refractivity contribution in [2.45, 2.75) is 42.2 Å². The highest BCUT2D eigenvalue weighted by Crippen LogP contribution is 2.40. The Morgan fingerprint density at radius 3 is 2.95 bits per heavy atom. The van der Waals surface area contributed by atoms with E-state index in [1.807, 2.05) is 18.2 Å². The summed E-state index contributed by atoms with van der Waals surface area (Å²) < 4.78 is 0.990. The van der Waals surface area contributed by atoms with E-state index in [2.05, 4.69) is 38.1 Å². The highest BCUT2D eigenvalue weighted by Gasteiger charge is 2.27. The molecule has 4 nitrogen and oxygen atoms in total. The van der Waals surface area contributed by atoms with Gasteiger partial charge in [-0.1, -0.05) is 6.92 Å². The van der Waals surface area contributed by atoms with Gasteiger partial charge in [0.25, 0.3) is 0 Å². The van der Waals surface area contributed by atoms with Crippen LogP contribution in [0, 0.1) is 0 Å². The van der Waals surface area contributed by atoms with Crippen LogP contribution in [0.25, 0.3) is 0 Å². The van der Waals surface area contributed by atoms with Crippen LogP contribution in [0.4, 0.5) is 5.82 Å². The summed E-state index contributed by atoms with van der Waals surface area (Å²) in [6, 6.07) is 5.92. The van der Waals surface area contributed by atoms with E-state index in [4.69, 9.17) is 4.98 Å². The third-order valence-electron chi connectivity index (χ3n) is 3.14. The number of rotatable bonds is 6. The summed E-state index contributed by atoms with van der Waals surface area (Å²) in [6.07, 6.45) is 5.28. The largest absolute Gasteiger partial charge is 0.370 e. The molecule has 3 rings (SSSR count). The number of pyridine rings is 1. The lowest BCUT2D eigenvalue weighted by Gasteiger charge is -2.09. The van der Waals surface area contributed by atoms with E-state index in [0.29, 0.717) is 5.92 Å². The molecule has 2 aromatic heterocycles. The van der Waals surface area contributed by atoms with Crippen molar-refractivity contribution in [3.8, 4) is 0 Å². The average molecular weight is 365 g/mol. The van der Waals surface area contributed by atoms with Gasteiger partial charge in [-0.3, -0.25) is 0 Å². The fourth-order valence-electron chi connectivity index (χ4n) is 1.91. The van der Waals surface area contributed by atoms with Crippen LogP contribution < -0.4 is 5.32 Å². The van der Waals surface area contributed by atoms with Crippen molar-refractivity contribution in [3.63, 3.8) is 0 Å². The maximum absolute atomic E-state index is 4.69. The summed E-state index contributed by atoms with van der Waals surface area (Å²) in [5.74, 6) is 2.42. The Bertz CT molecular complexity index is 631. The van der Waals surface area contributed by atoms with Gasteiger partial charge in [0.15, 0.2) is 0 Å². The minimum Gasteiger partial charge on any atom is -0.370 e. The molecule has 0 amide bonds. The van der Waals surface area contributed by atoms with Crippen molar-refractivity contribution in [1.82, 2.24) is 15.0 Å². The Morgan fingerprint density at radius 1 is 1.38 bits per heavy atom. The summed E-state index contributed by atoms with van der Waals surface area (Å²) >= 11 is 5.10. The molecule has 1 N–H and O–H groups in total. The van der Waals surface area contributed by atoms with Gasteiger partial charge in [-0.05, 0) is 59.1 Å². The molecule has 0 bridgehead atoms. The van der Waals surface area contributed by atoms with Crippen LogP contribution >= 0.6 is 27.7 Å². The molecule has 1 aliphatic rings. The zero-order chi connectivity index (χ0) is 14.7. The third-order valence-corrected chi connectivity index (χ3v) is 4.98. The summed E-state index contributed by atoms with van der Waals surface area (Å²) in [5, 5.41) is 5.24. The van der Waals surface area contributed by atoms with Gasteiger partial charge in [0.2, 0.25) is 0 Å². The van der Waals surface area contributed by atoms with Gasteiger partial charge in [0.1, 0.15) is 21.7 Å². The normalized spacial score (nSPS) is 14.2. The summed E-state index contributed by atoms with van der Waals surface area (Å²) in [6.45, 7) is 3.08. The van der Waals surface area contributed by atoms with Crippen molar-refractivity contribution in [2.24, 2.45) is 0 Å². The first-order valence-corrected chi connectivity index (χ1v) is 8.78. The topological polar surface area (TPSA) is 50.7 Å². The lowest BCUT2D eigenvalue weighted by atomic mass is 10.4. The van der Waals surface area contributed by atoms with E-state index < -0.39 is 0 Å². The Morgan fingerprint density at radius 2 is 2.24 bits per heavy atom. The Balaban J connectivity index is 1.86. The fourth-order valence-corrected chi connectivity index (χ4v) is 3.19. The molecule has 1 saturated carbocycles. The number of anilines is 1. The second-order valence-corrected chi connectivity index (χ2v) is 6.91. The van der Waals surface area contributed by atoms with E-state index in [1.165, 1.54) is 12.8 Å². The van der Waals surface area contributed by atoms with Crippen LogP contribution in [0.5, 0.6) is 0 Å². The molecule has 1 fully saturated rings. The van der Waals surface area contributed by atoms with Gasteiger partial charge < -0.3 is 5.32 Å². The molecule has 110 valence electrons. The molecule has 0 aromatic carbocycles. The van der Waals surface area contributed by atoms with Crippen molar-refractivity contribution in [2.75, 3.05) is 11.9 Å². The van der Waals surface area contributed by atoms with Crippen molar-refractivity contribution >= 4 is 33.5 Å². The number of hydrogen-bond acceptors (Lipinski definition) is 5. The maximum Gasteiger partial charge on any atom is 0.135 e. The standard InChI is InChI=1S/C15H17BrN4S/c1-2-7-17-12-9-13(20-14(19-12)10-5-6-10)21-15-11(16)4-3-8-18-15/h3-4,8-10H,2,5-7H2,1H3,(H,17,19,20). The predicted octanol–water partition coefficient (Wildman–Crippen LogP) is 4.48. The minimum absolute atomic E-state index is 0.542. The van der Waals surface area contributed by atoms with Crippen LogP contribution in [0.2, 0.25) is 0 Å². The second-order valence-electron chi connectivity index (χ2n) is 5.04. The van der Waals surface area contributed by atoms with Gasteiger partial charge in [0, 0.05) is 24.7 Å². The molecule has 0 spiro atoms. The Kier molecular flexibility index (Phi) is 4.75. The SMILES string of the molecule is CCCNc1cc(Sc2ncccc2Br)nc(C2CC2)n1. The first kappa shape index (κ1) is 14.8. The van der Waals surface area contributed by atoms with Crippen molar-refractivity contribution in [1.29, 1.82) is 0 Å². The summed E-state index contributed by atoms with van der Waals surface area (Å²) in [4.78, 5) is 13.7. The quantitative estimate of drug-likeness (QED) is 0.765. The Labute approximate surface area is 137 Å². The van der Waals surface area contributed by atoms with E-state index in [1.54, 1.807) is 18.0 Å². The van der Waals surface area contributed by atoms with Crippen LogP contribution in [-0.2, 0) is 0 Å². The van der Waals surface area contributed by atoms with Crippen molar-refractivity contribution < 1.29 is 0 Å². The zero-order valence-electron chi connectivity index (χ0n) is 11.8. The molecule has 0 aliphatic heterocycles. The lowest BCUT2D eigenvalue weighted by molar-refractivity contribution is 0.867. The van der Waals surface area contributed by atoms with Gasteiger partial charge >= 0.3 is 0 Å². The monoisotopic (exact) mass is 364 g/mol. The van der Waals surface area contributed by atoms with Crippen LogP contribution in [0.3, 0.4) is 0 Å². The number of hydrogen-bond donors (Lipinski definition) is 1. The molecular formula is C15H17BrN4S. The first-order chi connectivity index (χ1) is 10.3. The van der Waals surface area contributed by atoms with E-state index in [0.717, 1.165) is 39.1 Å². The van der Waals surface area contributed by atoms with Gasteiger partial charge in [-0.2, -0.15) is 0 Å².